The summed E-state index contributed by atoms with van der Waals surface area (Å²) >= 11 is 0. The predicted molar refractivity (Wildman–Crippen MR) is 42.7 cm³/mol. The summed E-state index contributed by atoms with van der Waals surface area (Å²) in [5.74, 6) is -4.07. The molecule has 0 saturated heterocycles. The van der Waals surface area contributed by atoms with Gasteiger partial charge in [0.25, 0.3) is 0 Å². The maximum absolute atomic E-state index is 12.1. The molecule has 3 nitrogen and oxygen atoms in total. The fourth-order valence-corrected chi connectivity index (χ4v) is 0.532. The van der Waals surface area contributed by atoms with E-state index >= 15 is 0 Å². The van der Waals surface area contributed by atoms with Gasteiger partial charge in [0.15, 0.2) is 0 Å². The fourth-order valence-electron chi connectivity index (χ4n) is 0.532. The highest BCUT2D eigenvalue weighted by atomic mass is 35.5. The van der Waals surface area contributed by atoms with E-state index in [1.165, 1.54) is 0 Å². The van der Waals surface area contributed by atoms with Crippen molar-refractivity contribution >= 4 is 18.4 Å². The minimum absolute atomic E-state index is 0. The average Bonchev–Trinajstić information content (AvgIpc) is 1.80. The summed E-state index contributed by atoms with van der Waals surface area (Å²) in [6, 6.07) is -1.18. The van der Waals surface area contributed by atoms with Crippen LogP contribution in [0.15, 0.2) is 0 Å². The Hall–Kier alpha value is -0.420. The quantitative estimate of drug-likeness (QED) is 0.723. The van der Waals surface area contributed by atoms with Crippen LogP contribution in [0.25, 0.3) is 0 Å². The van der Waals surface area contributed by atoms with Crippen molar-refractivity contribution in [1.29, 1.82) is 0 Å². The van der Waals surface area contributed by atoms with Crippen LogP contribution < -0.4 is 5.73 Å². The monoisotopic (exact) mass is 203 g/mol. The maximum Gasteiger partial charge on any atom is 0.320 e. The Morgan fingerprint density at radius 2 is 2.08 bits per heavy atom. The number of carboxylic acid groups (broad SMARTS) is 1. The molecule has 6 heteroatoms. The number of rotatable bonds is 4. The van der Waals surface area contributed by atoms with Gasteiger partial charge in [-0.1, -0.05) is 0 Å². The lowest BCUT2D eigenvalue weighted by Crippen LogP contribution is -2.31. The van der Waals surface area contributed by atoms with Crippen molar-refractivity contribution in [3.63, 3.8) is 0 Å². The van der Waals surface area contributed by atoms with Gasteiger partial charge in [0, 0.05) is 6.42 Å². The van der Waals surface area contributed by atoms with Crippen LogP contribution >= 0.6 is 12.4 Å². The van der Waals surface area contributed by atoms with E-state index in [9.17, 15) is 13.6 Å². The molecule has 0 spiro atoms. The molecule has 0 aromatic heterocycles. The van der Waals surface area contributed by atoms with Crippen LogP contribution in [0.4, 0.5) is 8.78 Å². The largest absolute Gasteiger partial charge is 0.480 e. The third-order valence-electron chi connectivity index (χ3n) is 1.21. The van der Waals surface area contributed by atoms with Crippen molar-refractivity contribution < 1.29 is 18.7 Å². The molecule has 0 aliphatic carbocycles. The summed E-state index contributed by atoms with van der Waals surface area (Å²) in [7, 11) is 0. The molecule has 0 fully saturated rings. The van der Waals surface area contributed by atoms with Crippen LogP contribution in [-0.2, 0) is 4.79 Å². The molecule has 0 rings (SSSR count). The Labute approximate surface area is 75.3 Å². The second-order valence-corrected chi connectivity index (χ2v) is 2.55. The molecule has 74 valence electrons. The van der Waals surface area contributed by atoms with Crippen LogP contribution in [0.1, 0.15) is 19.8 Å². The Morgan fingerprint density at radius 3 is 2.33 bits per heavy atom. The molecular formula is C6H12ClF2NO2. The van der Waals surface area contributed by atoms with Gasteiger partial charge in [-0.3, -0.25) is 4.79 Å². The summed E-state index contributed by atoms with van der Waals surface area (Å²) in [6.07, 6.45) is -0.681. The second kappa shape index (κ2) is 5.27. The van der Waals surface area contributed by atoms with Gasteiger partial charge in [-0.05, 0) is 13.3 Å². The molecule has 0 saturated carbocycles. The lowest BCUT2D eigenvalue weighted by Gasteiger charge is -2.11. The zero-order valence-electron chi connectivity index (χ0n) is 6.59. The van der Waals surface area contributed by atoms with Crippen LogP contribution in [0, 0.1) is 0 Å². The summed E-state index contributed by atoms with van der Waals surface area (Å²) in [4.78, 5) is 10.0. The normalized spacial score (nSPS) is 13.3. The van der Waals surface area contributed by atoms with Gasteiger partial charge in [0.1, 0.15) is 6.04 Å². The van der Waals surface area contributed by atoms with E-state index in [-0.39, 0.29) is 18.8 Å². The smallest absolute Gasteiger partial charge is 0.320 e. The number of aliphatic carboxylic acids is 1. The van der Waals surface area contributed by atoms with Gasteiger partial charge in [-0.2, -0.15) is 0 Å². The first-order valence-electron chi connectivity index (χ1n) is 3.19. The SMILES string of the molecule is CC(F)(F)CCC(N)C(=O)O.Cl. The van der Waals surface area contributed by atoms with Gasteiger partial charge in [0.05, 0.1) is 0 Å². The van der Waals surface area contributed by atoms with E-state index in [1.807, 2.05) is 0 Å². The Balaban J connectivity index is 0. The first-order chi connectivity index (χ1) is 4.83. The van der Waals surface area contributed by atoms with Crippen LogP contribution in [0.3, 0.4) is 0 Å². The number of nitrogens with two attached hydrogens (primary N) is 1. The van der Waals surface area contributed by atoms with Crippen molar-refractivity contribution in [2.75, 3.05) is 0 Å². The molecule has 0 aliphatic rings. The average molecular weight is 204 g/mol. The van der Waals surface area contributed by atoms with Gasteiger partial charge < -0.3 is 10.8 Å². The first kappa shape index (κ1) is 14.1. The van der Waals surface area contributed by atoms with E-state index in [4.69, 9.17) is 10.8 Å². The molecular weight excluding hydrogens is 192 g/mol. The van der Waals surface area contributed by atoms with Crippen LogP contribution in [0.2, 0.25) is 0 Å². The van der Waals surface area contributed by atoms with Gasteiger partial charge in [-0.25, -0.2) is 8.78 Å². The Bertz CT molecular complexity index is 149. The third-order valence-corrected chi connectivity index (χ3v) is 1.21. The molecule has 1 atom stereocenters. The molecule has 0 radical (unpaired) electrons. The van der Waals surface area contributed by atoms with E-state index in [0.29, 0.717) is 0 Å². The number of carbonyl (C=O) groups is 1. The van der Waals surface area contributed by atoms with Crippen LogP contribution in [-0.4, -0.2) is 23.0 Å². The molecule has 12 heavy (non-hydrogen) atoms. The summed E-state index contributed by atoms with van der Waals surface area (Å²) in [6.45, 7) is 0.738. The molecule has 1 unspecified atom stereocenters. The predicted octanol–water partition coefficient (Wildman–Crippen LogP) is 1.26. The fraction of sp³-hybridized carbons (Fsp3) is 0.833. The molecule has 0 aliphatic heterocycles. The number of alkyl halides is 2. The topological polar surface area (TPSA) is 63.3 Å². The van der Waals surface area contributed by atoms with Gasteiger partial charge in [0.2, 0.25) is 5.92 Å². The van der Waals surface area contributed by atoms with Crippen molar-refractivity contribution in [3.05, 3.63) is 0 Å². The highest BCUT2D eigenvalue weighted by molar-refractivity contribution is 5.85. The number of hydrogen-bond acceptors (Lipinski definition) is 2. The summed E-state index contributed by atoms with van der Waals surface area (Å²) in [5, 5.41) is 8.21. The third kappa shape index (κ3) is 7.68. The minimum atomic E-state index is -2.83. The van der Waals surface area contributed by atoms with E-state index in [2.05, 4.69) is 0 Å². The summed E-state index contributed by atoms with van der Waals surface area (Å²) in [5.41, 5.74) is 4.99. The standard InChI is InChI=1S/C6H11F2NO2.ClH/c1-6(7,8)3-2-4(9)5(10)11;/h4H,2-3,9H2,1H3,(H,10,11);1H. The van der Waals surface area contributed by atoms with Crippen molar-refractivity contribution in [1.82, 2.24) is 0 Å². The maximum atomic E-state index is 12.1. The molecule has 0 bridgehead atoms. The van der Waals surface area contributed by atoms with Gasteiger partial charge >= 0.3 is 5.97 Å². The van der Waals surface area contributed by atoms with Crippen molar-refractivity contribution in [2.45, 2.75) is 31.7 Å². The molecule has 0 heterocycles. The molecule has 3 N–H and O–H groups in total. The second-order valence-electron chi connectivity index (χ2n) is 2.55. The Kier molecular flexibility index (Phi) is 6.20. The zero-order chi connectivity index (χ0) is 9.07. The lowest BCUT2D eigenvalue weighted by molar-refractivity contribution is -0.139. The summed E-state index contributed by atoms with van der Waals surface area (Å²) < 4.78 is 24.2. The molecule has 0 amide bonds. The van der Waals surface area contributed by atoms with Crippen LogP contribution in [0.5, 0.6) is 0 Å². The highest BCUT2D eigenvalue weighted by Crippen LogP contribution is 2.19. The number of halogens is 3. The lowest BCUT2D eigenvalue weighted by atomic mass is 10.1. The Morgan fingerprint density at radius 1 is 1.67 bits per heavy atom. The number of carboxylic acids is 1. The van der Waals surface area contributed by atoms with E-state index in [0.717, 1.165) is 6.92 Å². The number of hydrogen-bond donors (Lipinski definition) is 2. The zero-order valence-corrected chi connectivity index (χ0v) is 7.41. The highest BCUT2D eigenvalue weighted by Gasteiger charge is 2.23. The molecule has 0 aromatic carbocycles. The van der Waals surface area contributed by atoms with E-state index < -0.39 is 24.4 Å². The molecule has 0 aromatic rings. The van der Waals surface area contributed by atoms with Crippen molar-refractivity contribution in [3.8, 4) is 0 Å². The van der Waals surface area contributed by atoms with Crippen molar-refractivity contribution in [2.24, 2.45) is 5.73 Å². The van der Waals surface area contributed by atoms with Gasteiger partial charge in [-0.15, -0.1) is 12.4 Å². The minimum Gasteiger partial charge on any atom is -0.480 e. The first-order valence-corrected chi connectivity index (χ1v) is 3.19. The van der Waals surface area contributed by atoms with E-state index in [1.54, 1.807) is 0 Å².